The molecule has 160 valence electrons. The lowest BCUT2D eigenvalue weighted by Crippen LogP contribution is -2.21. The Bertz CT molecular complexity index is 956. The van der Waals surface area contributed by atoms with Crippen LogP contribution in [0, 0.1) is 0 Å². The van der Waals surface area contributed by atoms with Gasteiger partial charge < -0.3 is 20.1 Å². The second kappa shape index (κ2) is 12.1. The number of anilines is 2. The summed E-state index contributed by atoms with van der Waals surface area (Å²) in [4.78, 5) is 12.2. The van der Waals surface area contributed by atoms with E-state index in [2.05, 4.69) is 41.5 Å². The first-order valence-electron chi connectivity index (χ1n) is 10.4. The minimum atomic E-state index is -0.137. The van der Waals surface area contributed by atoms with Gasteiger partial charge in [-0.3, -0.25) is 4.79 Å². The standard InChI is InChI=1S/C26H28N2O3/c1-2-17-30-25-12-6-11-23(19-25)28-26(29)20-27-22-13-15-24(16-14-22)31-18-7-10-21-8-4-3-5-9-21/h2-6,8-9,11-16,19,27H,1,7,10,17-18,20H2,(H,28,29). The van der Waals surface area contributed by atoms with Gasteiger partial charge in [0.2, 0.25) is 5.91 Å². The molecule has 0 aromatic heterocycles. The molecule has 3 aromatic rings. The Kier molecular flexibility index (Phi) is 8.56. The summed E-state index contributed by atoms with van der Waals surface area (Å²) in [7, 11) is 0. The first-order valence-corrected chi connectivity index (χ1v) is 10.4. The van der Waals surface area contributed by atoms with Gasteiger partial charge in [-0.05, 0) is 54.8 Å². The molecule has 0 atom stereocenters. The van der Waals surface area contributed by atoms with Crippen molar-refractivity contribution < 1.29 is 14.3 Å². The highest BCUT2D eigenvalue weighted by molar-refractivity contribution is 5.93. The van der Waals surface area contributed by atoms with Gasteiger partial charge in [-0.15, -0.1) is 0 Å². The summed E-state index contributed by atoms with van der Waals surface area (Å²) in [6, 6.07) is 25.3. The van der Waals surface area contributed by atoms with Crippen molar-refractivity contribution in [3.63, 3.8) is 0 Å². The van der Waals surface area contributed by atoms with Gasteiger partial charge in [0.15, 0.2) is 0 Å². The highest BCUT2D eigenvalue weighted by atomic mass is 16.5. The lowest BCUT2D eigenvalue weighted by atomic mass is 10.1. The first-order chi connectivity index (χ1) is 15.2. The first kappa shape index (κ1) is 22.0. The van der Waals surface area contributed by atoms with E-state index >= 15 is 0 Å². The molecule has 0 fully saturated rings. The van der Waals surface area contributed by atoms with E-state index in [-0.39, 0.29) is 12.5 Å². The van der Waals surface area contributed by atoms with Crippen molar-refractivity contribution in [3.8, 4) is 11.5 Å². The van der Waals surface area contributed by atoms with Gasteiger partial charge in [0.1, 0.15) is 18.1 Å². The number of amides is 1. The van der Waals surface area contributed by atoms with E-state index in [1.165, 1.54) is 5.56 Å². The van der Waals surface area contributed by atoms with Crippen LogP contribution in [-0.4, -0.2) is 25.7 Å². The van der Waals surface area contributed by atoms with Crippen molar-refractivity contribution in [3.05, 3.63) is 97.1 Å². The third-order valence-electron chi connectivity index (χ3n) is 4.51. The highest BCUT2D eigenvalue weighted by Crippen LogP contribution is 2.18. The van der Waals surface area contributed by atoms with Crippen LogP contribution in [-0.2, 0) is 11.2 Å². The molecule has 0 saturated carbocycles. The molecule has 0 aliphatic heterocycles. The van der Waals surface area contributed by atoms with Gasteiger partial charge in [0.25, 0.3) is 0 Å². The van der Waals surface area contributed by atoms with E-state index in [0.717, 1.165) is 24.3 Å². The molecule has 3 aromatic carbocycles. The number of hydrogen-bond donors (Lipinski definition) is 2. The average molecular weight is 417 g/mol. The van der Waals surface area contributed by atoms with Crippen LogP contribution in [0.3, 0.4) is 0 Å². The predicted octanol–water partition coefficient (Wildman–Crippen LogP) is 5.31. The van der Waals surface area contributed by atoms with Crippen molar-refractivity contribution in [2.24, 2.45) is 0 Å². The molecular formula is C26H28N2O3. The van der Waals surface area contributed by atoms with E-state index in [1.54, 1.807) is 12.1 Å². The molecule has 0 aliphatic carbocycles. The second-order valence-electron chi connectivity index (χ2n) is 6.99. The summed E-state index contributed by atoms with van der Waals surface area (Å²) in [5, 5.41) is 5.97. The molecule has 0 bridgehead atoms. The third kappa shape index (κ3) is 7.90. The maximum absolute atomic E-state index is 12.2. The molecule has 0 saturated heterocycles. The van der Waals surface area contributed by atoms with Crippen LogP contribution in [0.4, 0.5) is 11.4 Å². The topological polar surface area (TPSA) is 59.6 Å². The van der Waals surface area contributed by atoms with Crippen molar-refractivity contribution in [1.29, 1.82) is 0 Å². The molecular weight excluding hydrogens is 388 g/mol. The van der Waals surface area contributed by atoms with Crippen LogP contribution in [0.5, 0.6) is 11.5 Å². The number of carbonyl (C=O) groups excluding carboxylic acids is 1. The largest absolute Gasteiger partial charge is 0.494 e. The Hall–Kier alpha value is -3.73. The summed E-state index contributed by atoms with van der Waals surface area (Å²) in [5.74, 6) is 1.37. The van der Waals surface area contributed by atoms with E-state index < -0.39 is 0 Å². The molecule has 0 radical (unpaired) electrons. The molecule has 0 unspecified atom stereocenters. The molecule has 5 nitrogen and oxygen atoms in total. The highest BCUT2D eigenvalue weighted by Gasteiger charge is 2.04. The summed E-state index contributed by atoms with van der Waals surface area (Å²) < 4.78 is 11.3. The zero-order chi connectivity index (χ0) is 21.7. The average Bonchev–Trinajstić information content (AvgIpc) is 2.81. The third-order valence-corrected chi connectivity index (χ3v) is 4.51. The summed E-state index contributed by atoms with van der Waals surface area (Å²) in [5.41, 5.74) is 2.86. The maximum Gasteiger partial charge on any atom is 0.243 e. The smallest absolute Gasteiger partial charge is 0.243 e. The predicted molar refractivity (Wildman–Crippen MR) is 126 cm³/mol. The van der Waals surface area contributed by atoms with Gasteiger partial charge in [0, 0.05) is 17.4 Å². The van der Waals surface area contributed by atoms with Crippen molar-refractivity contribution in [2.75, 3.05) is 30.4 Å². The van der Waals surface area contributed by atoms with Gasteiger partial charge in [-0.1, -0.05) is 49.1 Å². The Morgan fingerprint density at radius 2 is 1.68 bits per heavy atom. The maximum atomic E-state index is 12.2. The van der Waals surface area contributed by atoms with E-state index in [0.29, 0.717) is 24.7 Å². The fourth-order valence-electron chi connectivity index (χ4n) is 2.99. The van der Waals surface area contributed by atoms with Gasteiger partial charge in [-0.25, -0.2) is 0 Å². The number of nitrogens with one attached hydrogen (secondary N) is 2. The van der Waals surface area contributed by atoms with Crippen molar-refractivity contribution in [2.45, 2.75) is 12.8 Å². The van der Waals surface area contributed by atoms with Crippen LogP contribution in [0.25, 0.3) is 0 Å². The Morgan fingerprint density at radius 1 is 0.871 bits per heavy atom. The molecule has 0 heterocycles. The minimum absolute atomic E-state index is 0.137. The zero-order valence-corrected chi connectivity index (χ0v) is 17.6. The quantitative estimate of drug-likeness (QED) is 0.310. The normalized spacial score (nSPS) is 10.2. The number of ether oxygens (including phenoxy) is 2. The molecule has 0 spiro atoms. The monoisotopic (exact) mass is 416 g/mol. The molecule has 1 amide bonds. The number of rotatable bonds is 12. The van der Waals surface area contributed by atoms with Gasteiger partial charge in [-0.2, -0.15) is 0 Å². The minimum Gasteiger partial charge on any atom is -0.494 e. The summed E-state index contributed by atoms with van der Waals surface area (Å²) in [6.45, 7) is 4.87. The van der Waals surface area contributed by atoms with E-state index in [4.69, 9.17) is 9.47 Å². The van der Waals surface area contributed by atoms with E-state index in [1.807, 2.05) is 48.5 Å². The summed E-state index contributed by atoms with van der Waals surface area (Å²) >= 11 is 0. The Morgan fingerprint density at radius 3 is 2.45 bits per heavy atom. The summed E-state index contributed by atoms with van der Waals surface area (Å²) in [6.07, 6.45) is 3.64. The van der Waals surface area contributed by atoms with Crippen LogP contribution in [0.1, 0.15) is 12.0 Å². The van der Waals surface area contributed by atoms with Crippen LogP contribution in [0.2, 0.25) is 0 Å². The van der Waals surface area contributed by atoms with Gasteiger partial charge in [0.05, 0.1) is 13.2 Å². The van der Waals surface area contributed by atoms with Gasteiger partial charge >= 0.3 is 0 Å². The molecule has 31 heavy (non-hydrogen) atoms. The Balaban J connectivity index is 1.37. The number of carbonyl (C=O) groups is 1. The number of hydrogen-bond acceptors (Lipinski definition) is 4. The fourth-order valence-corrected chi connectivity index (χ4v) is 2.99. The lowest BCUT2D eigenvalue weighted by molar-refractivity contribution is -0.114. The molecule has 0 aliphatic rings. The zero-order valence-electron chi connectivity index (χ0n) is 17.6. The van der Waals surface area contributed by atoms with E-state index in [9.17, 15) is 4.79 Å². The SMILES string of the molecule is C=CCOc1cccc(NC(=O)CNc2ccc(OCCCc3ccccc3)cc2)c1. The lowest BCUT2D eigenvalue weighted by Gasteiger charge is -2.10. The molecule has 2 N–H and O–H groups in total. The van der Waals surface area contributed by atoms with Crippen LogP contribution in [0.15, 0.2) is 91.5 Å². The van der Waals surface area contributed by atoms with Crippen LogP contribution >= 0.6 is 0 Å². The van der Waals surface area contributed by atoms with Crippen LogP contribution < -0.4 is 20.1 Å². The number of benzene rings is 3. The van der Waals surface area contributed by atoms with Crippen molar-refractivity contribution >= 4 is 17.3 Å². The molecule has 3 rings (SSSR count). The Labute approximate surface area is 183 Å². The fraction of sp³-hybridized carbons (Fsp3) is 0.192. The van der Waals surface area contributed by atoms with Crippen molar-refractivity contribution in [1.82, 2.24) is 0 Å². The number of aryl methyl sites for hydroxylation is 1. The molecule has 5 heteroatoms. The second-order valence-corrected chi connectivity index (χ2v) is 6.99.